The summed E-state index contributed by atoms with van der Waals surface area (Å²) in [5, 5.41) is 7.15. The smallest absolute Gasteiger partial charge is 0.229 e. The fraction of sp³-hybridized carbons (Fsp3) is 0. The molecule has 0 spiro atoms. The maximum Gasteiger partial charge on any atom is 0.229 e. The van der Waals surface area contributed by atoms with Crippen molar-refractivity contribution in [1.82, 2.24) is 0 Å². The van der Waals surface area contributed by atoms with Crippen LogP contribution in [0.1, 0.15) is 0 Å². The molecule has 0 bridgehead atoms. The minimum Gasteiger partial charge on any atom is -0.255 e. The Morgan fingerprint density at radius 1 is 2.00 bits per heavy atom. The fourth-order valence-corrected chi connectivity index (χ4v) is 0. The van der Waals surface area contributed by atoms with Gasteiger partial charge in [-0.3, -0.25) is 5.21 Å². The first kappa shape index (κ1) is 3.78. The van der Waals surface area contributed by atoms with Gasteiger partial charge < -0.3 is 0 Å². The van der Waals surface area contributed by atoms with Gasteiger partial charge in [0.1, 0.15) is 0 Å². The van der Waals surface area contributed by atoms with Gasteiger partial charge in [0.05, 0.1) is 0 Å². The lowest BCUT2D eigenvalue weighted by Gasteiger charge is -1.36. The summed E-state index contributed by atoms with van der Waals surface area (Å²) in [6.45, 7) is 0. The Hall–Kier alpha value is -0.220. The van der Waals surface area contributed by atoms with Crippen molar-refractivity contribution in [3.8, 4) is 0 Å². The Balaban J connectivity index is 3.11. The van der Waals surface area contributed by atoms with E-state index < -0.39 is 0 Å². The van der Waals surface area contributed by atoms with Gasteiger partial charge in [-0.1, -0.05) is 0 Å². The molecule has 0 rings (SSSR count). The van der Waals surface area contributed by atoms with E-state index in [4.69, 9.17) is 9.42 Å². The normalized spacial score (nSPS) is 5.25. The van der Waals surface area contributed by atoms with Crippen molar-refractivity contribution in [2.24, 2.45) is 4.53 Å². The van der Waals surface area contributed by atoms with E-state index in [2.05, 4.69) is 4.53 Å². The Bertz CT molecular complexity index is 44.0. The van der Waals surface area contributed by atoms with E-state index in [1.807, 2.05) is 0 Å². The summed E-state index contributed by atoms with van der Waals surface area (Å²) >= 11 is -0.213. The molecule has 0 aliphatic carbocycles. The molecular formula is HNO2S. The topological polar surface area (TPSA) is 49.7 Å². The SMILES string of the molecule is O=S=NO. The number of hydrogen-bond acceptors (Lipinski definition) is 2. The highest BCUT2D eigenvalue weighted by molar-refractivity contribution is 7.54. The molecule has 0 unspecified atom stereocenters. The van der Waals surface area contributed by atoms with Gasteiger partial charge in [-0.05, 0) is 4.53 Å². The monoisotopic (exact) mass is 79.0 g/mol. The summed E-state index contributed by atoms with van der Waals surface area (Å²) in [6, 6.07) is 0. The van der Waals surface area contributed by atoms with Gasteiger partial charge in [0, 0.05) is 0 Å². The summed E-state index contributed by atoms with van der Waals surface area (Å²) in [7, 11) is 0. The predicted molar refractivity (Wildman–Crippen MR) is 12.4 cm³/mol. The number of rotatable bonds is 0. The highest BCUT2D eigenvalue weighted by Crippen LogP contribution is 1.31. The second kappa shape index (κ2) is 2.78. The van der Waals surface area contributed by atoms with Gasteiger partial charge in [0.25, 0.3) is 0 Å². The van der Waals surface area contributed by atoms with Crippen LogP contribution in [0, 0.1) is 0 Å². The van der Waals surface area contributed by atoms with Crippen LogP contribution in [0.3, 0.4) is 0 Å². The standard InChI is InChI=1S/HNO2S/c2-1-4-3/h2H. The quantitative estimate of drug-likeness (QED) is 0.408. The third-order valence-electron chi connectivity index (χ3n) is 0.0333. The van der Waals surface area contributed by atoms with Crippen molar-refractivity contribution >= 4 is 11.5 Å². The highest BCUT2D eigenvalue weighted by Gasteiger charge is 1.30. The van der Waals surface area contributed by atoms with E-state index in [9.17, 15) is 0 Å². The van der Waals surface area contributed by atoms with Crippen LogP contribution in [0.15, 0.2) is 4.53 Å². The van der Waals surface area contributed by atoms with Gasteiger partial charge in [-0.15, -0.1) is 0 Å². The maximum atomic E-state index is 8.80. The molecule has 0 radical (unpaired) electrons. The Kier molecular flexibility index (Phi) is 2.63. The Morgan fingerprint density at radius 2 is 2.25 bits per heavy atom. The molecular weight excluding hydrogens is 78.1 g/mol. The Morgan fingerprint density at radius 3 is 2.25 bits per heavy atom. The zero-order valence-corrected chi connectivity index (χ0v) is 2.53. The zero-order valence-electron chi connectivity index (χ0n) is 1.71. The maximum absolute atomic E-state index is 8.80. The minimum absolute atomic E-state index is 0.213. The summed E-state index contributed by atoms with van der Waals surface area (Å²) in [6.07, 6.45) is 0. The van der Waals surface area contributed by atoms with E-state index >= 15 is 0 Å². The lowest BCUT2D eigenvalue weighted by atomic mass is 13.6. The zero-order chi connectivity index (χ0) is 3.41. The van der Waals surface area contributed by atoms with Crippen molar-refractivity contribution in [2.45, 2.75) is 0 Å². The molecule has 4 heavy (non-hydrogen) atoms. The summed E-state index contributed by atoms with van der Waals surface area (Å²) in [5.74, 6) is 0. The van der Waals surface area contributed by atoms with Gasteiger partial charge in [0.2, 0.25) is 11.5 Å². The fourth-order valence-electron chi connectivity index (χ4n) is 0. The highest BCUT2D eigenvalue weighted by atomic mass is 32.1. The van der Waals surface area contributed by atoms with Crippen LogP contribution in [0.25, 0.3) is 0 Å². The summed E-state index contributed by atoms with van der Waals surface area (Å²) < 4.78 is 10.9. The number of nitrogens with zero attached hydrogens (tertiary/aromatic N) is 1. The Labute approximate surface area is 26.5 Å². The van der Waals surface area contributed by atoms with Crippen LogP contribution in [0.4, 0.5) is 0 Å². The molecule has 0 atom stereocenters. The average molecular weight is 79.1 g/mol. The molecule has 0 aromatic heterocycles. The van der Waals surface area contributed by atoms with E-state index in [0.29, 0.717) is 0 Å². The lowest BCUT2D eigenvalue weighted by molar-refractivity contribution is 0.328. The van der Waals surface area contributed by atoms with Crippen LogP contribution >= 0.6 is 0 Å². The molecule has 0 aromatic carbocycles. The first-order valence-corrected chi connectivity index (χ1v) is 1.25. The summed E-state index contributed by atoms with van der Waals surface area (Å²) in [5.41, 5.74) is 0. The molecule has 0 saturated carbocycles. The van der Waals surface area contributed by atoms with Gasteiger partial charge >= 0.3 is 0 Å². The average Bonchev–Trinajstić information content (AvgIpc) is 1.37. The van der Waals surface area contributed by atoms with Crippen LogP contribution < -0.4 is 0 Å². The van der Waals surface area contributed by atoms with Crippen molar-refractivity contribution in [1.29, 1.82) is 0 Å². The van der Waals surface area contributed by atoms with Crippen molar-refractivity contribution in [2.75, 3.05) is 0 Å². The first-order valence-electron chi connectivity index (χ1n) is 0.549. The lowest BCUT2D eigenvalue weighted by Crippen LogP contribution is -1.35. The van der Waals surface area contributed by atoms with Gasteiger partial charge in [-0.2, -0.15) is 4.21 Å². The third kappa shape index (κ3) is 1.78. The molecule has 4 heteroatoms. The van der Waals surface area contributed by atoms with Crippen molar-refractivity contribution < 1.29 is 9.42 Å². The molecule has 0 amide bonds. The molecule has 0 saturated heterocycles. The predicted octanol–water partition coefficient (Wildman–Crippen LogP) is -0.228. The van der Waals surface area contributed by atoms with Crippen LogP contribution in [-0.4, -0.2) is 9.42 Å². The third-order valence-corrected chi connectivity index (χ3v) is 0.100. The molecule has 24 valence electrons. The van der Waals surface area contributed by atoms with E-state index in [0.717, 1.165) is 0 Å². The largest absolute Gasteiger partial charge is 0.255 e. The molecule has 0 aliphatic heterocycles. The number of hydrogen-bond donors (Lipinski definition) is 1. The molecule has 3 nitrogen and oxygen atoms in total. The molecule has 1 N–H and O–H groups in total. The van der Waals surface area contributed by atoms with Crippen LogP contribution in [0.5, 0.6) is 0 Å². The molecule has 0 aliphatic rings. The molecule has 0 aromatic rings. The van der Waals surface area contributed by atoms with Crippen LogP contribution in [-0.2, 0) is 11.5 Å². The van der Waals surface area contributed by atoms with E-state index in [1.165, 1.54) is 0 Å². The minimum atomic E-state index is -0.213. The van der Waals surface area contributed by atoms with Gasteiger partial charge in [-0.25, -0.2) is 0 Å². The van der Waals surface area contributed by atoms with Crippen molar-refractivity contribution in [3.05, 3.63) is 0 Å². The summed E-state index contributed by atoms with van der Waals surface area (Å²) in [4.78, 5) is 0. The van der Waals surface area contributed by atoms with Crippen molar-refractivity contribution in [3.63, 3.8) is 0 Å². The van der Waals surface area contributed by atoms with E-state index in [1.54, 1.807) is 0 Å². The second-order valence-electron chi connectivity index (χ2n) is 0.156. The first-order chi connectivity index (χ1) is 1.91. The molecule has 0 fully saturated rings. The van der Waals surface area contributed by atoms with E-state index in [-0.39, 0.29) is 11.5 Å². The molecule has 0 heterocycles. The van der Waals surface area contributed by atoms with Crippen LogP contribution in [0.2, 0.25) is 0 Å². The second-order valence-corrected chi connectivity index (χ2v) is 0.469. The van der Waals surface area contributed by atoms with Gasteiger partial charge in [0.15, 0.2) is 0 Å².